The predicted octanol–water partition coefficient (Wildman–Crippen LogP) is 3.84. The van der Waals surface area contributed by atoms with Crippen molar-refractivity contribution in [3.05, 3.63) is 27.7 Å². The highest BCUT2D eigenvalue weighted by atomic mass is 35.7. The first-order valence-electron chi connectivity index (χ1n) is 6.28. The van der Waals surface area contributed by atoms with Crippen LogP contribution in [0.2, 0.25) is 10.0 Å². The smallest absolute Gasteiger partial charge is 0.262 e. The first-order chi connectivity index (χ1) is 9.52. The summed E-state index contributed by atoms with van der Waals surface area (Å²) in [6.45, 7) is 3.83. The van der Waals surface area contributed by atoms with Crippen LogP contribution in [0.3, 0.4) is 0 Å². The highest BCUT2D eigenvalue weighted by Gasteiger charge is 2.39. The van der Waals surface area contributed by atoms with Gasteiger partial charge < -0.3 is 5.32 Å². The van der Waals surface area contributed by atoms with Crippen molar-refractivity contribution in [2.75, 3.05) is 0 Å². The van der Waals surface area contributed by atoms with E-state index in [2.05, 4.69) is 5.32 Å². The van der Waals surface area contributed by atoms with Crippen molar-refractivity contribution >= 4 is 48.8 Å². The third kappa shape index (κ3) is 3.83. The summed E-state index contributed by atoms with van der Waals surface area (Å²) in [4.78, 5) is 12.0. The van der Waals surface area contributed by atoms with E-state index in [-0.39, 0.29) is 26.0 Å². The van der Waals surface area contributed by atoms with Crippen molar-refractivity contribution in [2.24, 2.45) is 5.92 Å². The summed E-state index contributed by atoms with van der Waals surface area (Å²) in [5.74, 6) is -0.0587. The number of benzene rings is 1. The van der Waals surface area contributed by atoms with Gasteiger partial charge >= 0.3 is 0 Å². The van der Waals surface area contributed by atoms with Crippen molar-refractivity contribution in [2.45, 2.75) is 37.1 Å². The van der Waals surface area contributed by atoms with Crippen molar-refractivity contribution in [3.63, 3.8) is 0 Å². The summed E-state index contributed by atoms with van der Waals surface area (Å²) in [5, 5.41) is 2.71. The number of carbonyl (C=O) groups is 1. The van der Waals surface area contributed by atoms with E-state index in [1.165, 1.54) is 6.07 Å². The Morgan fingerprint density at radius 2 is 1.86 bits per heavy atom. The van der Waals surface area contributed by atoms with Gasteiger partial charge in [0.25, 0.3) is 15.0 Å². The van der Waals surface area contributed by atoms with Crippen molar-refractivity contribution in [1.82, 2.24) is 5.32 Å². The molecular weight excluding hydrogens is 357 g/mol. The molecule has 0 radical (unpaired) electrons. The minimum Gasteiger partial charge on any atom is -0.347 e. The highest BCUT2D eigenvalue weighted by Crippen LogP contribution is 2.39. The van der Waals surface area contributed by atoms with Crippen LogP contribution >= 0.6 is 33.9 Å². The quantitative estimate of drug-likeness (QED) is 0.819. The molecule has 1 aliphatic carbocycles. The number of hydrogen-bond acceptors (Lipinski definition) is 3. The summed E-state index contributed by atoms with van der Waals surface area (Å²) in [6.07, 6.45) is 2.11. The fourth-order valence-electron chi connectivity index (χ4n) is 2.17. The van der Waals surface area contributed by atoms with Gasteiger partial charge in [-0.3, -0.25) is 4.79 Å². The number of nitrogens with one attached hydrogen (secondary N) is 1. The zero-order chi connectivity index (χ0) is 16.0. The highest BCUT2D eigenvalue weighted by molar-refractivity contribution is 8.13. The second-order valence-electron chi connectivity index (χ2n) is 5.65. The van der Waals surface area contributed by atoms with E-state index in [0.717, 1.165) is 18.9 Å². The minimum atomic E-state index is -4.08. The van der Waals surface area contributed by atoms with Crippen LogP contribution in [-0.2, 0) is 9.05 Å². The van der Waals surface area contributed by atoms with Crippen molar-refractivity contribution < 1.29 is 13.2 Å². The SMILES string of the molecule is CC(C)(NC(=O)c1cc(Cl)cc(S(=O)(=O)Cl)c1Cl)C1CC1. The third-order valence-corrected chi connectivity index (χ3v) is 5.63. The molecule has 116 valence electrons. The molecule has 21 heavy (non-hydrogen) atoms. The van der Waals surface area contributed by atoms with Gasteiger partial charge in [-0.1, -0.05) is 23.2 Å². The molecule has 0 bridgehead atoms. The van der Waals surface area contributed by atoms with E-state index in [9.17, 15) is 13.2 Å². The Hall–Kier alpha value is -0.490. The van der Waals surface area contributed by atoms with E-state index in [1.807, 2.05) is 13.8 Å². The second kappa shape index (κ2) is 5.61. The molecule has 0 spiro atoms. The maximum absolute atomic E-state index is 12.4. The number of hydrogen-bond donors (Lipinski definition) is 1. The van der Waals surface area contributed by atoms with Crippen LogP contribution in [0.4, 0.5) is 0 Å². The number of halogens is 3. The average molecular weight is 371 g/mol. The van der Waals surface area contributed by atoms with Crippen LogP contribution in [0.15, 0.2) is 17.0 Å². The molecule has 0 heterocycles. The molecule has 0 saturated heterocycles. The standard InChI is InChI=1S/C13H14Cl3NO3S/c1-13(2,7-3-4-7)17-12(18)9-5-8(14)6-10(11(9)15)21(16,19)20/h5-7H,3-4H2,1-2H3,(H,17,18). The summed E-state index contributed by atoms with van der Waals surface area (Å²) >= 11 is 11.9. The molecular formula is C13H14Cl3NO3S. The predicted molar refractivity (Wildman–Crippen MR) is 83.8 cm³/mol. The molecule has 4 nitrogen and oxygen atoms in total. The fourth-order valence-corrected chi connectivity index (χ4v) is 4.03. The lowest BCUT2D eigenvalue weighted by Gasteiger charge is -2.26. The Morgan fingerprint density at radius 3 is 2.33 bits per heavy atom. The van der Waals surface area contributed by atoms with E-state index < -0.39 is 15.0 Å². The van der Waals surface area contributed by atoms with Gasteiger partial charge in [-0.2, -0.15) is 0 Å². The van der Waals surface area contributed by atoms with Crippen molar-refractivity contribution in [1.29, 1.82) is 0 Å². The number of amides is 1. The zero-order valence-electron chi connectivity index (χ0n) is 11.4. The maximum atomic E-state index is 12.4. The van der Waals surface area contributed by atoms with E-state index in [0.29, 0.717) is 5.92 Å². The fraction of sp³-hybridized carbons (Fsp3) is 0.462. The summed E-state index contributed by atoms with van der Waals surface area (Å²) in [7, 11) is 1.22. The Morgan fingerprint density at radius 1 is 1.29 bits per heavy atom. The van der Waals surface area contributed by atoms with Gasteiger partial charge in [0.1, 0.15) is 4.90 Å². The van der Waals surface area contributed by atoms with E-state index in [1.54, 1.807) is 0 Å². The molecule has 1 aromatic rings. The van der Waals surface area contributed by atoms with Crippen LogP contribution in [0, 0.1) is 5.92 Å². The molecule has 0 aromatic heterocycles. The topological polar surface area (TPSA) is 63.2 Å². The van der Waals surface area contributed by atoms with Crippen LogP contribution in [0.25, 0.3) is 0 Å². The summed E-state index contributed by atoms with van der Waals surface area (Å²) < 4.78 is 22.9. The van der Waals surface area contributed by atoms with E-state index in [4.69, 9.17) is 33.9 Å². The molecule has 1 amide bonds. The molecule has 1 saturated carbocycles. The molecule has 1 aliphatic rings. The van der Waals surface area contributed by atoms with Gasteiger partial charge in [-0.15, -0.1) is 0 Å². The lowest BCUT2D eigenvalue weighted by Crippen LogP contribution is -2.45. The first-order valence-corrected chi connectivity index (χ1v) is 9.35. The Kier molecular flexibility index (Phi) is 4.51. The third-order valence-electron chi connectivity index (χ3n) is 3.54. The minimum absolute atomic E-state index is 0.00267. The molecule has 8 heteroatoms. The summed E-state index contributed by atoms with van der Waals surface area (Å²) in [5.41, 5.74) is -0.389. The molecule has 0 aliphatic heterocycles. The molecule has 1 aromatic carbocycles. The average Bonchev–Trinajstić information content (AvgIpc) is 3.13. The van der Waals surface area contributed by atoms with Crippen molar-refractivity contribution in [3.8, 4) is 0 Å². The number of rotatable bonds is 4. The second-order valence-corrected chi connectivity index (χ2v) is 9.00. The lowest BCUT2D eigenvalue weighted by atomic mass is 9.98. The molecule has 0 unspecified atom stereocenters. The zero-order valence-corrected chi connectivity index (χ0v) is 14.5. The molecule has 0 atom stereocenters. The van der Waals surface area contributed by atoms with Gasteiger partial charge in [0.05, 0.1) is 10.6 Å². The largest absolute Gasteiger partial charge is 0.347 e. The van der Waals surface area contributed by atoms with Crippen LogP contribution in [0.5, 0.6) is 0 Å². The van der Waals surface area contributed by atoms with Gasteiger partial charge in [0.2, 0.25) is 0 Å². The normalized spacial score (nSPS) is 15.9. The Balaban J connectivity index is 2.39. The van der Waals surface area contributed by atoms with Gasteiger partial charge in [0.15, 0.2) is 0 Å². The maximum Gasteiger partial charge on any atom is 0.262 e. The van der Waals surface area contributed by atoms with Gasteiger partial charge in [0, 0.05) is 21.2 Å². The summed E-state index contributed by atoms with van der Waals surface area (Å²) in [6, 6.07) is 2.45. The molecule has 2 rings (SSSR count). The Bertz CT molecular complexity index is 697. The number of carbonyl (C=O) groups excluding carboxylic acids is 1. The van der Waals surface area contributed by atoms with Gasteiger partial charge in [-0.25, -0.2) is 8.42 Å². The Labute approximate surface area is 138 Å². The van der Waals surface area contributed by atoms with Gasteiger partial charge in [-0.05, 0) is 44.7 Å². The van der Waals surface area contributed by atoms with Crippen LogP contribution in [-0.4, -0.2) is 19.9 Å². The molecule has 1 fully saturated rings. The monoisotopic (exact) mass is 369 g/mol. The first kappa shape index (κ1) is 16.9. The van der Waals surface area contributed by atoms with E-state index >= 15 is 0 Å². The van der Waals surface area contributed by atoms with Crippen LogP contribution < -0.4 is 5.32 Å². The lowest BCUT2D eigenvalue weighted by molar-refractivity contribution is 0.0903. The molecule has 1 N–H and O–H groups in total. The van der Waals surface area contributed by atoms with Crippen LogP contribution in [0.1, 0.15) is 37.0 Å².